The SMILES string of the molecule is Cc1csc(SCc2nc(N)nc(Nc3ccc(F)cc3)n2)n1. The fourth-order valence-electron chi connectivity index (χ4n) is 1.75. The number of hydrogen-bond acceptors (Lipinski definition) is 8. The fourth-order valence-corrected chi connectivity index (χ4v) is 3.45. The molecule has 3 N–H and O–H groups in total. The van der Waals surface area contributed by atoms with Crippen molar-refractivity contribution in [2.24, 2.45) is 0 Å². The van der Waals surface area contributed by atoms with Crippen molar-refractivity contribution in [2.75, 3.05) is 11.1 Å². The van der Waals surface area contributed by atoms with Crippen LogP contribution in [0.4, 0.5) is 22.0 Å². The highest BCUT2D eigenvalue weighted by atomic mass is 32.2. The predicted octanol–water partition coefficient (Wildman–Crippen LogP) is 3.39. The van der Waals surface area contributed by atoms with Gasteiger partial charge in [0.1, 0.15) is 11.6 Å². The van der Waals surface area contributed by atoms with Crippen molar-refractivity contribution in [3.8, 4) is 0 Å². The van der Waals surface area contributed by atoms with E-state index in [1.54, 1.807) is 35.2 Å². The van der Waals surface area contributed by atoms with E-state index in [-0.39, 0.29) is 11.8 Å². The normalized spacial score (nSPS) is 10.7. The maximum atomic E-state index is 12.9. The van der Waals surface area contributed by atoms with E-state index >= 15 is 0 Å². The summed E-state index contributed by atoms with van der Waals surface area (Å²) in [5.74, 6) is 1.25. The van der Waals surface area contributed by atoms with E-state index in [4.69, 9.17) is 5.73 Å². The third-order valence-electron chi connectivity index (χ3n) is 2.72. The Balaban J connectivity index is 1.72. The van der Waals surface area contributed by atoms with Crippen LogP contribution in [0.25, 0.3) is 0 Å². The molecule has 118 valence electrons. The van der Waals surface area contributed by atoms with E-state index in [1.165, 1.54) is 12.1 Å². The minimum absolute atomic E-state index is 0.135. The number of anilines is 3. The maximum absolute atomic E-state index is 12.9. The second kappa shape index (κ2) is 6.88. The van der Waals surface area contributed by atoms with Crippen LogP contribution in [-0.4, -0.2) is 19.9 Å². The molecule has 0 aliphatic carbocycles. The number of thiazole rings is 1. The largest absolute Gasteiger partial charge is 0.368 e. The molecule has 9 heteroatoms. The molecule has 23 heavy (non-hydrogen) atoms. The van der Waals surface area contributed by atoms with Gasteiger partial charge in [-0.25, -0.2) is 9.37 Å². The zero-order valence-corrected chi connectivity index (χ0v) is 13.8. The molecule has 2 aromatic heterocycles. The summed E-state index contributed by atoms with van der Waals surface area (Å²) in [6.07, 6.45) is 0. The molecule has 0 saturated carbocycles. The fraction of sp³-hybridized carbons (Fsp3) is 0.143. The number of aryl methyl sites for hydroxylation is 1. The molecule has 0 spiro atoms. The van der Waals surface area contributed by atoms with Gasteiger partial charge in [0.2, 0.25) is 11.9 Å². The highest BCUT2D eigenvalue weighted by molar-refractivity contribution is 8.00. The summed E-state index contributed by atoms with van der Waals surface area (Å²) in [5.41, 5.74) is 7.39. The van der Waals surface area contributed by atoms with Gasteiger partial charge in [0.05, 0.1) is 5.75 Å². The maximum Gasteiger partial charge on any atom is 0.232 e. The number of nitrogens with one attached hydrogen (secondary N) is 1. The van der Waals surface area contributed by atoms with Gasteiger partial charge in [0.25, 0.3) is 0 Å². The molecule has 0 saturated heterocycles. The van der Waals surface area contributed by atoms with Crippen LogP contribution in [-0.2, 0) is 5.75 Å². The minimum atomic E-state index is -0.304. The standard InChI is InChI=1S/C14H13FN6S2/c1-8-6-22-14(17-8)23-7-11-19-12(16)21-13(20-11)18-10-4-2-9(15)3-5-10/h2-6H,7H2,1H3,(H3,16,18,19,20,21). The molecule has 3 aromatic rings. The molecule has 2 heterocycles. The van der Waals surface area contributed by atoms with Crippen LogP contribution in [0.2, 0.25) is 0 Å². The molecular formula is C14H13FN6S2. The van der Waals surface area contributed by atoms with Crippen LogP contribution in [0.3, 0.4) is 0 Å². The number of thioether (sulfide) groups is 1. The molecule has 0 unspecified atom stereocenters. The highest BCUT2D eigenvalue weighted by Crippen LogP contribution is 2.25. The highest BCUT2D eigenvalue weighted by Gasteiger charge is 2.07. The quantitative estimate of drug-likeness (QED) is 0.683. The van der Waals surface area contributed by atoms with Crippen LogP contribution in [0.15, 0.2) is 34.0 Å². The Morgan fingerprint density at radius 3 is 2.65 bits per heavy atom. The first-order chi connectivity index (χ1) is 11.1. The first-order valence-corrected chi connectivity index (χ1v) is 8.53. The summed E-state index contributed by atoms with van der Waals surface area (Å²) >= 11 is 3.12. The molecule has 6 nitrogen and oxygen atoms in total. The van der Waals surface area contributed by atoms with Crippen LogP contribution in [0.5, 0.6) is 0 Å². The van der Waals surface area contributed by atoms with E-state index in [1.807, 2.05) is 12.3 Å². The molecule has 0 aliphatic heterocycles. The second-order valence-corrected chi connectivity index (χ2v) is 6.69. The van der Waals surface area contributed by atoms with Crippen molar-refractivity contribution in [3.05, 3.63) is 47.0 Å². The Morgan fingerprint density at radius 2 is 1.96 bits per heavy atom. The summed E-state index contributed by atoms with van der Waals surface area (Å²) in [6.45, 7) is 1.95. The van der Waals surface area contributed by atoms with Crippen molar-refractivity contribution < 1.29 is 4.39 Å². The molecule has 0 fully saturated rings. The average molecular weight is 348 g/mol. The monoisotopic (exact) mass is 348 g/mol. The first kappa shape index (κ1) is 15.6. The lowest BCUT2D eigenvalue weighted by molar-refractivity contribution is 0.628. The second-order valence-electron chi connectivity index (χ2n) is 4.61. The number of rotatable bonds is 5. The van der Waals surface area contributed by atoms with Gasteiger partial charge in [-0.15, -0.1) is 11.3 Å². The van der Waals surface area contributed by atoms with E-state index in [0.717, 1.165) is 10.0 Å². The Kier molecular flexibility index (Phi) is 4.68. The summed E-state index contributed by atoms with van der Waals surface area (Å²) in [4.78, 5) is 16.9. The van der Waals surface area contributed by atoms with Gasteiger partial charge in [-0.2, -0.15) is 15.0 Å². The van der Waals surface area contributed by atoms with Gasteiger partial charge in [-0.1, -0.05) is 11.8 Å². The van der Waals surface area contributed by atoms with Crippen molar-refractivity contribution >= 4 is 40.7 Å². The zero-order valence-electron chi connectivity index (χ0n) is 12.2. The van der Waals surface area contributed by atoms with E-state index in [2.05, 4.69) is 25.3 Å². The lowest BCUT2D eigenvalue weighted by Crippen LogP contribution is -2.06. The number of nitrogens with two attached hydrogens (primary N) is 1. The van der Waals surface area contributed by atoms with Crippen molar-refractivity contribution in [1.82, 2.24) is 19.9 Å². The summed E-state index contributed by atoms with van der Waals surface area (Å²) in [6, 6.07) is 5.91. The smallest absolute Gasteiger partial charge is 0.232 e. The number of halogens is 1. The molecule has 0 amide bonds. The van der Waals surface area contributed by atoms with Crippen molar-refractivity contribution in [1.29, 1.82) is 0 Å². The van der Waals surface area contributed by atoms with Gasteiger partial charge < -0.3 is 11.1 Å². The zero-order chi connectivity index (χ0) is 16.2. The van der Waals surface area contributed by atoms with Crippen molar-refractivity contribution in [3.63, 3.8) is 0 Å². The molecule has 0 radical (unpaired) electrons. The molecule has 0 atom stereocenters. The molecular weight excluding hydrogens is 335 g/mol. The van der Waals surface area contributed by atoms with Crippen LogP contribution < -0.4 is 11.1 Å². The summed E-state index contributed by atoms with van der Waals surface area (Å²) in [5, 5.41) is 4.98. The molecule has 1 aromatic carbocycles. The van der Waals surface area contributed by atoms with E-state index in [0.29, 0.717) is 23.2 Å². The van der Waals surface area contributed by atoms with E-state index in [9.17, 15) is 4.39 Å². The van der Waals surface area contributed by atoms with Crippen molar-refractivity contribution in [2.45, 2.75) is 17.0 Å². The molecule has 0 aliphatic rings. The van der Waals surface area contributed by atoms with Gasteiger partial charge in [-0.3, -0.25) is 0 Å². The number of hydrogen-bond donors (Lipinski definition) is 2. The summed E-state index contributed by atoms with van der Waals surface area (Å²) in [7, 11) is 0. The van der Waals surface area contributed by atoms with Gasteiger partial charge >= 0.3 is 0 Å². The third-order valence-corrected chi connectivity index (χ3v) is 4.86. The number of benzene rings is 1. The Bertz CT molecular complexity index is 805. The van der Waals surface area contributed by atoms with Gasteiger partial charge in [0, 0.05) is 16.8 Å². The predicted molar refractivity (Wildman–Crippen MR) is 90.3 cm³/mol. The van der Waals surface area contributed by atoms with Crippen LogP contribution in [0, 0.1) is 12.7 Å². The van der Waals surface area contributed by atoms with Gasteiger partial charge in [0.15, 0.2) is 4.34 Å². The number of nitrogen functional groups attached to an aromatic ring is 1. The Morgan fingerprint density at radius 1 is 1.17 bits per heavy atom. The molecule has 0 bridgehead atoms. The topological polar surface area (TPSA) is 89.6 Å². The van der Waals surface area contributed by atoms with E-state index < -0.39 is 0 Å². The summed E-state index contributed by atoms with van der Waals surface area (Å²) < 4.78 is 13.9. The minimum Gasteiger partial charge on any atom is -0.368 e. The van der Waals surface area contributed by atoms with Gasteiger partial charge in [-0.05, 0) is 31.2 Å². The number of aromatic nitrogens is 4. The number of nitrogens with zero attached hydrogens (tertiary/aromatic N) is 4. The van der Waals surface area contributed by atoms with Crippen LogP contribution in [0.1, 0.15) is 11.5 Å². The first-order valence-electron chi connectivity index (χ1n) is 6.66. The third kappa shape index (κ3) is 4.36. The lowest BCUT2D eigenvalue weighted by atomic mass is 10.3. The van der Waals surface area contributed by atoms with Crippen LogP contribution >= 0.6 is 23.1 Å². The Labute approximate surface area is 140 Å². The molecule has 3 rings (SSSR count). The average Bonchev–Trinajstić information content (AvgIpc) is 2.93. The lowest BCUT2D eigenvalue weighted by Gasteiger charge is -2.07. The Hall–Kier alpha value is -2.26.